The zero-order chi connectivity index (χ0) is 24.5. The molecule has 3 rings (SSSR count). The summed E-state index contributed by atoms with van der Waals surface area (Å²) >= 11 is 0. The molecule has 0 saturated heterocycles. The van der Waals surface area contributed by atoms with Crippen molar-refractivity contribution < 1.29 is 40.2 Å². The molecule has 0 heterocycles. The van der Waals surface area contributed by atoms with Gasteiger partial charge in [0.2, 0.25) is 0 Å². The first-order valence-electron chi connectivity index (χ1n) is 9.95. The van der Waals surface area contributed by atoms with Gasteiger partial charge in [-0.15, -0.1) is 0 Å². The highest BCUT2D eigenvalue weighted by Crippen LogP contribution is 2.38. The highest BCUT2D eigenvalue weighted by Gasteiger charge is 2.37. The average Bonchev–Trinajstić information content (AvgIpc) is 2.67. The minimum Gasteiger partial charge on any atom is -0.289 e. The molecule has 0 unspecified atom stereocenters. The molecule has 175 valence electrons. The Morgan fingerprint density at radius 1 is 0.727 bits per heavy atom. The van der Waals surface area contributed by atoms with E-state index in [0.717, 1.165) is 12.5 Å². The van der Waals surface area contributed by atoms with Crippen LogP contribution in [0.3, 0.4) is 0 Å². The minimum atomic E-state index is -5.25. The number of halogens is 8. The zero-order valence-corrected chi connectivity index (χ0v) is 17.2. The average molecular weight is 473 g/mol. The van der Waals surface area contributed by atoms with E-state index in [1.165, 1.54) is 12.1 Å². The Morgan fingerprint density at radius 2 is 1.33 bits per heavy atom. The van der Waals surface area contributed by atoms with E-state index in [9.17, 15) is 35.8 Å². The predicted molar refractivity (Wildman–Crippen MR) is 105 cm³/mol. The molecule has 0 N–H and O–H groups in total. The van der Waals surface area contributed by atoms with Crippen LogP contribution in [0.1, 0.15) is 35.6 Å². The number of rotatable bonds is 6. The van der Waals surface area contributed by atoms with E-state index < -0.39 is 70.5 Å². The second kappa shape index (κ2) is 9.41. The van der Waals surface area contributed by atoms with Crippen molar-refractivity contribution in [1.29, 1.82) is 0 Å². The highest BCUT2D eigenvalue weighted by molar-refractivity contribution is 5.72. The van der Waals surface area contributed by atoms with Crippen LogP contribution in [-0.2, 0) is 30.5 Å². The second-order valence-electron chi connectivity index (χ2n) is 7.52. The van der Waals surface area contributed by atoms with Crippen molar-refractivity contribution in [2.75, 3.05) is 0 Å². The van der Waals surface area contributed by atoms with Crippen molar-refractivity contribution in [2.45, 2.75) is 38.8 Å². The molecular weight excluding hydrogens is 456 g/mol. The van der Waals surface area contributed by atoms with Crippen LogP contribution < -0.4 is 0 Å². The van der Waals surface area contributed by atoms with Crippen LogP contribution in [0, 0.1) is 29.1 Å². The topological polar surface area (TPSA) is 19.9 Å². The Bertz CT molecular complexity index is 1160. The molecule has 3 aromatic rings. The molecule has 9 heteroatoms. The van der Waals surface area contributed by atoms with Gasteiger partial charge in [0.05, 0.1) is 5.56 Å². The Morgan fingerprint density at radius 3 is 1.88 bits per heavy atom. The lowest BCUT2D eigenvalue weighted by atomic mass is 9.95. The van der Waals surface area contributed by atoms with Crippen molar-refractivity contribution in [2.24, 2.45) is 0 Å². The van der Waals surface area contributed by atoms with E-state index in [1.807, 2.05) is 6.92 Å². The van der Waals surface area contributed by atoms with Gasteiger partial charge in [-0.05, 0) is 48.6 Å². The molecule has 0 fully saturated rings. The summed E-state index contributed by atoms with van der Waals surface area (Å²) in [5, 5.41) is 12.2. The number of aryl methyl sites for hydroxylation is 2. The molecule has 0 atom stereocenters. The quantitative estimate of drug-likeness (QED) is 0.324. The van der Waals surface area contributed by atoms with E-state index in [0.29, 0.717) is 30.2 Å². The standard InChI is InChI=1S/C24H17F8O/c1-2-3-12-4-6-14(16(25)8-12)21-20(33)11-17(26)15(23(21)29)7-5-13-9-18(27)22(19(28)10-13)24(30,31)32/h4,6,8-11H,2-3,5,7H2,1H3. The fourth-order valence-corrected chi connectivity index (χ4v) is 3.63. The smallest absolute Gasteiger partial charge is 0.289 e. The first-order valence-corrected chi connectivity index (χ1v) is 9.95. The monoisotopic (exact) mass is 473 g/mol. The van der Waals surface area contributed by atoms with E-state index in [2.05, 4.69) is 0 Å². The Hall–Kier alpha value is -3.10. The van der Waals surface area contributed by atoms with Gasteiger partial charge in [0, 0.05) is 17.2 Å². The van der Waals surface area contributed by atoms with Crippen LogP contribution in [0.4, 0.5) is 35.1 Å². The number of benzene rings is 3. The lowest BCUT2D eigenvalue weighted by Crippen LogP contribution is -2.12. The molecule has 0 amide bonds. The first kappa shape index (κ1) is 24.5. The van der Waals surface area contributed by atoms with Crippen LogP contribution >= 0.6 is 0 Å². The summed E-state index contributed by atoms with van der Waals surface area (Å²) in [7, 11) is 0. The van der Waals surface area contributed by atoms with Crippen LogP contribution in [0.25, 0.3) is 11.1 Å². The fourth-order valence-electron chi connectivity index (χ4n) is 3.63. The normalized spacial score (nSPS) is 11.8. The maximum Gasteiger partial charge on any atom is 0.422 e. The van der Waals surface area contributed by atoms with Crippen molar-refractivity contribution in [3.05, 3.63) is 87.7 Å². The molecule has 1 radical (unpaired) electrons. The van der Waals surface area contributed by atoms with Gasteiger partial charge in [0.15, 0.2) is 5.75 Å². The summed E-state index contributed by atoms with van der Waals surface area (Å²) in [6, 6.07) is 5.20. The zero-order valence-electron chi connectivity index (χ0n) is 17.2. The summed E-state index contributed by atoms with van der Waals surface area (Å²) in [5.74, 6) is -8.28. The predicted octanol–water partition coefficient (Wildman–Crippen LogP) is 7.95. The second-order valence-corrected chi connectivity index (χ2v) is 7.52. The number of hydrogen-bond donors (Lipinski definition) is 0. The first-order chi connectivity index (χ1) is 15.4. The molecule has 0 aliphatic carbocycles. The molecule has 33 heavy (non-hydrogen) atoms. The van der Waals surface area contributed by atoms with Gasteiger partial charge >= 0.3 is 6.18 Å². The third-order valence-corrected chi connectivity index (χ3v) is 5.17. The van der Waals surface area contributed by atoms with Gasteiger partial charge in [0.1, 0.15) is 34.6 Å². The van der Waals surface area contributed by atoms with Gasteiger partial charge in [0.25, 0.3) is 0 Å². The third kappa shape index (κ3) is 5.12. The maximum atomic E-state index is 15.1. The van der Waals surface area contributed by atoms with E-state index in [-0.39, 0.29) is 11.1 Å². The van der Waals surface area contributed by atoms with Crippen molar-refractivity contribution in [1.82, 2.24) is 0 Å². The number of alkyl halides is 3. The van der Waals surface area contributed by atoms with Crippen molar-refractivity contribution in [3.8, 4) is 16.9 Å². The lowest BCUT2D eigenvalue weighted by molar-refractivity contribution is -0.142. The van der Waals surface area contributed by atoms with Crippen molar-refractivity contribution in [3.63, 3.8) is 0 Å². The van der Waals surface area contributed by atoms with Gasteiger partial charge < -0.3 is 0 Å². The van der Waals surface area contributed by atoms with Crippen molar-refractivity contribution >= 4 is 0 Å². The summed E-state index contributed by atoms with van der Waals surface area (Å²) in [5.41, 5.74) is -3.44. The van der Waals surface area contributed by atoms with E-state index in [1.54, 1.807) is 0 Å². The molecule has 0 aliphatic heterocycles. The largest absolute Gasteiger partial charge is 0.422 e. The minimum absolute atomic E-state index is 0.278. The van der Waals surface area contributed by atoms with E-state index in [4.69, 9.17) is 0 Å². The molecule has 0 aromatic heterocycles. The molecular formula is C24H17F8O. The molecule has 0 bridgehead atoms. The molecule has 0 spiro atoms. The summed E-state index contributed by atoms with van der Waals surface area (Å²) < 4.78 is 110. The number of hydrogen-bond acceptors (Lipinski definition) is 0. The van der Waals surface area contributed by atoms with Crippen LogP contribution in [0.15, 0.2) is 36.4 Å². The van der Waals surface area contributed by atoms with Gasteiger partial charge in [-0.25, -0.2) is 22.0 Å². The Kier molecular flexibility index (Phi) is 7.00. The summed E-state index contributed by atoms with van der Waals surface area (Å²) in [4.78, 5) is 0. The third-order valence-electron chi connectivity index (χ3n) is 5.17. The lowest BCUT2D eigenvalue weighted by Gasteiger charge is -2.14. The molecule has 1 nitrogen and oxygen atoms in total. The maximum absolute atomic E-state index is 15.1. The van der Waals surface area contributed by atoms with E-state index >= 15 is 4.39 Å². The fraction of sp³-hybridized carbons (Fsp3) is 0.250. The van der Waals surface area contributed by atoms with Gasteiger partial charge in [-0.1, -0.05) is 25.5 Å². The van der Waals surface area contributed by atoms with Gasteiger partial charge in [-0.2, -0.15) is 13.2 Å². The SMILES string of the molecule is CCCc1ccc(-c2c([O])cc(F)c(CCc3cc(F)c(C(F)(F)F)c(F)c3)c2F)c(F)c1. The highest BCUT2D eigenvalue weighted by atomic mass is 19.4. The Balaban J connectivity index is 1.96. The molecule has 3 aromatic carbocycles. The van der Waals surface area contributed by atoms with Crippen LogP contribution in [-0.4, -0.2) is 0 Å². The summed E-state index contributed by atoms with van der Waals surface area (Å²) in [6.07, 6.45) is -4.94. The van der Waals surface area contributed by atoms with Crippen LogP contribution in [0.5, 0.6) is 5.75 Å². The van der Waals surface area contributed by atoms with Crippen LogP contribution in [0.2, 0.25) is 0 Å². The van der Waals surface area contributed by atoms with Gasteiger partial charge in [-0.3, -0.25) is 5.11 Å². The molecule has 0 saturated carbocycles. The summed E-state index contributed by atoms with van der Waals surface area (Å²) in [6.45, 7) is 1.88. The Labute approximate surface area is 184 Å². The molecule has 0 aliphatic rings.